The van der Waals surface area contributed by atoms with Crippen LogP contribution >= 0.6 is 27.5 Å². The second-order valence-corrected chi connectivity index (χ2v) is 4.46. The van der Waals surface area contributed by atoms with Crippen LogP contribution < -0.4 is 5.32 Å². The van der Waals surface area contributed by atoms with Crippen LogP contribution in [0.2, 0.25) is 5.15 Å². The first kappa shape index (κ1) is 13.2. The van der Waals surface area contributed by atoms with Crippen LogP contribution in [0.3, 0.4) is 0 Å². The monoisotopic (exact) mass is 302 g/mol. The normalized spacial score (nSPS) is 11.4. The van der Waals surface area contributed by atoms with E-state index in [-0.39, 0.29) is 5.91 Å². The molecule has 0 bridgehead atoms. The average molecular weight is 304 g/mol. The van der Waals surface area contributed by atoms with Gasteiger partial charge in [0.15, 0.2) is 0 Å². The molecule has 1 amide bonds. The van der Waals surface area contributed by atoms with Crippen molar-refractivity contribution in [1.29, 1.82) is 0 Å². The van der Waals surface area contributed by atoms with E-state index in [0.29, 0.717) is 20.9 Å². The van der Waals surface area contributed by atoms with Crippen molar-refractivity contribution in [2.45, 2.75) is 20.3 Å². The molecule has 0 saturated heterocycles. The molecule has 3 nitrogen and oxygen atoms in total. The predicted octanol–water partition coefficient (Wildman–Crippen LogP) is 3.79. The van der Waals surface area contributed by atoms with Gasteiger partial charge in [-0.25, -0.2) is 4.98 Å². The molecule has 0 aromatic carbocycles. The van der Waals surface area contributed by atoms with Gasteiger partial charge in [-0.15, -0.1) is 0 Å². The Morgan fingerprint density at radius 2 is 2.38 bits per heavy atom. The molecule has 0 atom stereocenters. The van der Waals surface area contributed by atoms with Crippen LogP contribution in [0.5, 0.6) is 0 Å². The van der Waals surface area contributed by atoms with E-state index in [9.17, 15) is 4.79 Å². The molecule has 1 N–H and O–H groups in total. The Balaban J connectivity index is 2.77. The SMILES string of the molecule is CC/C=C(/C)C(=O)Nc1cnc(Cl)c(Br)c1. The fraction of sp³-hybridized carbons (Fsp3) is 0.273. The van der Waals surface area contributed by atoms with Gasteiger partial charge in [0.25, 0.3) is 5.91 Å². The zero-order valence-electron chi connectivity index (χ0n) is 9.05. The van der Waals surface area contributed by atoms with E-state index in [0.717, 1.165) is 6.42 Å². The van der Waals surface area contributed by atoms with Gasteiger partial charge in [0.2, 0.25) is 0 Å². The molecule has 1 rings (SSSR count). The smallest absolute Gasteiger partial charge is 0.251 e. The topological polar surface area (TPSA) is 42.0 Å². The Labute approximate surface area is 108 Å². The van der Waals surface area contributed by atoms with Crippen LogP contribution in [0.15, 0.2) is 28.4 Å². The highest BCUT2D eigenvalue weighted by molar-refractivity contribution is 9.10. The molecular weight excluding hydrogens is 291 g/mol. The van der Waals surface area contributed by atoms with Crippen LogP contribution in [0.1, 0.15) is 20.3 Å². The second-order valence-electron chi connectivity index (χ2n) is 3.25. The summed E-state index contributed by atoms with van der Waals surface area (Å²) < 4.78 is 0.657. The Bertz CT molecular complexity index is 432. The highest BCUT2D eigenvalue weighted by Crippen LogP contribution is 2.23. The first-order valence-corrected chi connectivity index (χ1v) is 6.00. The van der Waals surface area contributed by atoms with Crippen molar-refractivity contribution in [3.05, 3.63) is 33.5 Å². The summed E-state index contributed by atoms with van der Waals surface area (Å²) in [7, 11) is 0. The fourth-order valence-corrected chi connectivity index (χ4v) is 1.57. The van der Waals surface area contributed by atoms with Crippen molar-refractivity contribution < 1.29 is 4.79 Å². The summed E-state index contributed by atoms with van der Waals surface area (Å²) in [6, 6.07) is 1.71. The lowest BCUT2D eigenvalue weighted by molar-refractivity contribution is -0.112. The van der Waals surface area contributed by atoms with E-state index in [4.69, 9.17) is 11.6 Å². The molecule has 1 aromatic rings. The summed E-state index contributed by atoms with van der Waals surface area (Å²) in [6.45, 7) is 3.76. The molecule has 0 aliphatic rings. The largest absolute Gasteiger partial charge is 0.321 e. The minimum Gasteiger partial charge on any atom is -0.321 e. The van der Waals surface area contributed by atoms with E-state index in [2.05, 4.69) is 26.2 Å². The van der Waals surface area contributed by atoms with Crippen LogP contribution in [-0.4, -0.2) is 10.9 Å². The summed E-state index contributed by atoms with van der Waals surface area (Å²) in [4.78, 5) is 15.6. The minimum absolute atomic E-state index is 0.127. The Morgan fingerprint density at radius 1 is 1.69 bits per heavy atom. The first-order chi connectivity index (χ1) is 7.54. The second kappa shape index (κ2) is 6.01. The first-order valence-electron chi connectivity index (χ1n) is 4.83. The molecule has 0 aliphatic carbocycles. The summed E-state index contributed by atoms with van der Waals surface area (Å²) in [6.07, 6.45) is 4.22. The van der Waals surface area contributed by atoms with Crippen molar-refractivity contribution in [2.24, 2.45) is 0 Å². The molecule has 0 spiro atoms. The Morgan fingerprint density at radius 3 is 2.94 bits per heavy atom. The zero-order chi connectivity index (χ0) is 12.1. The number of carbonyl (C=O) groups is 1. The number of hydrogen-bond acceptors (Lipinski definition) is 2. The van der Waals surface area contributed by atoms with Crippen molar-refractivity contribution in [1.82, 2.24) is 4.98 Å². The third-order valence-corrected chi connectivity index (χ3v) is 3.06. The minimum atomic E-state index is -0.127. The molecule has 1 aromatic heterocycles. The van der Waals surface area contributed by atoms with E-state index in [1.165, 1.54) is 6.20 Å². The van der Waals surface area contributed by atoms with Crippen molar-refractivity contribution in [2.75, 3.05) is 5.32 Å². The standard InChI is InChI=1S/C11H12BrClN2O/c1-3-4-7(2)11(16)15-8-5-9(12)10(13)14-6-8/h4-6H,3H2,1-2H3,(H,15,16)/b7-4-. The van der Waals surface area contributed by atoms with Gasteiger partial charge in [0.05, 0.1) is 16.4 Å². The van der Waals surface area contributed by atoms with Gasteiger partial charge in [-0.3, -0.25) is 4.79 Å². The Kier molecular flexibility index (Phi) is 4.96. The number of nitrogens with zero attached hydrogens (tertiary/aromatic N) is 1. The number of carbonyl (C=O) groups excluding carboxylic acids is 1. The Hall–Kier alpha value is -0.870. The summed E-state index contributed by atoms with van der Waals surface area (Å²) >= 11 is 8.99. The van der Waals surface area contributed by atoms with Gasteiger partial charge in [0, 0.05) is 5.57 Å². The van der Waals surface area contributed by atoms with Crippen LogP contribution in [0.25, 0.3) is 0 Å². The highest BCUT2D eigenvalue weighted by Gasteiger charge is 2.06. The fourth-order valence-electron chi connectivity index (χ4n) is 1.12. The van der Waals surface area contributed by atoms with E-state index >= 15 is 0 Å². The number of aromatic nitrogens is 1. The quantitative estimate of drug-likeness (QED) is 0.682. The lowest BCUT2D eigenvalue weighted by atomic mass is 10.2. The molecule has 16 heavy (non-hydrogen) atoms. The number of rotatable bonds is 3. The van der Waals surface area contributed by atoms with Crippen LogP contribution in [0.4, 0.5) is 5.69 Å². The van der Waals surface area contributed by atoms with Gasteiger partial charge in [-0.05, 0) is 35.3 Å². The van der Waals surface area contributed by atoms with Gasteiger partial charge in [0.1, 0.15) is 5.15 Å². The van der Waals surface area contributed by atoms with Gasteiger partial charge in [-0.2, -0.15) is 0 Å². The zero-order valence-corrected chi connectivity index (χ0v) is 11.4. The number of nitrogens with one attached hydrogen (secondary N) is 1. The highest BCUT2D eigenvalue weighted by atomic mass is 79.9. The number of pyridine rings is 1. The van der Waals surface area contributed by atoms with Gasteiger partial charge >= 0.3 is 0 Å². The van der Waals surface area contributed by atoms with Crippen molar-refractivity contribution in [3.8, 4) is 0 Å². The maximum atomic E-state index is 11.6. The third-order valence-electron chi connectivity index (χ3n) is 1.92. The average Bonchev–Trinajstić information content (AvgIpc) is 2.24. The molecule has 0 aliphatic heterocycles. The molecule has 5 heteroatoms. The molecule has 0 saturated carbocycles. The predicted molar refractivity (Wildman–Crippen MR) is 69.6 cm³/mol. The van der Waals surface area contributed by atoms with Crippen LogP contribution in [0, 0.1) is 0 Å². The molecule has 0 unspecified atom stereocenters. The maximum absolute atomic E-state index is 11.6. The summed E-state index contributed by atoms with van der Waals surface area (Å²) in [5.41, 5.74) is 1.30. The van der Waals surface area contributed by atoms with E-state index in [1.807, 2.05) is 13.0 Å². The third kappa shape index (κ3) is 3.61. The molecule has 86 valence electrons. The number of halogens is 2. The summed E-state index contributed by atoms with van der Waals surface area (Å²) in [5.74, 6) is -0.127. The van der Waals surface area contributed by atoms with Gasteiger partial charge < -0.3 is 5.32 Å². The molecule has 0 radical (unpaired) electrons. The molecule has 0 fully saturated rings. The number of hydrogen-bond donors (Lipinski definition) is 1. The lowest BCUT2D eigenvalue weighted by Crippen LogP contribution is -2.12. The molecular formula is C11H12BrClN2O. The van der Waals surface area contributed by atoms with E-state index in [1.54, 1.807) is 13.0 Å². The van der Waals surface area contributed by atoms with Crippen LogP contribution in [-0.2, 0) is 4.79 Å². The number of amides is 1. The number of allylic oxidation sites excluding steroid dienone is 1. The summed E-state index contributed by atoms with van der Waals surface area (Å²) in [5, 5.41) is 3.11. The van der Waals surface area contributed by atoms with Crippen molar-refractivity contribution in [3.63, 3.8) is 0 Å². The molecule has 1 heterocycles. The van der Waals surface area contributed by atoms with Crippen molar-refractivity contribution >= 4 is 39.1 Å². The van der Waals surface area contributed by atoms with Gasteiger partial charge in [-0.1, -0.05) is 24.6 Å². The lowest BCUT2D eigenvalue weighted by Gasteiger charge is -2.05. The number of anilines is 1. The maximum Gasteiger partial charge on any atom is 0.251 e. The van der Waals surface area contributed by atoms with E-state index < -0.39 is 0 Å².